The van der Waals surface area contributed by atoms with Gasteiger partial charge in [0.1, 0.15) is 0 Å². The molecule has 1 aliphatic rings. The van der Waals surface area contributed by atoms with Gasteiger partial charge in [0, 0.05) is 0 Å². The van der Waals surface area contributed by atoms with E-state index in [-0.39, 0.29) is 5.76 Å². The lowest BCUT2D eigenvalue weighted by Crippen LogP contribution is -2.10. The van der Waals surface area contributed by atoms with Crippen molar-refractivity contribution in [3.63, 3.8) is 0 Å². The van der Waals surface area contributed by atoms with E-state index >= 15 is 0 Å². The van der Waals surface area contributed by atoms with Gasteiger partial charge in [-0.1, -0.05) is 68.4 Å². The zero-order valence-corrected chi connectivity index (χ0v) is 15.8. The fourth-order valence-electron chi connectivity index (χ4n) is 2.50. The van der Waals surface area contributed by atoms with Crippen molar-refractivity contribution in [1.82, 2.24) is 0 Å². The Morgan fingerprint density at radius 2 is 1.38 bits per heavy atom. The predicted molar refractivity (Wildman–Crippen MR) is 106 cm³/mol. The summed E-state index contributed by atoms with van der Waals surface area (Å²) >= 11 is 0. The van der Waals surface area contributed by atoms with Crippen molar-refractivity contribution in [3.05, 3.63) is 60.1 Å². The van der Waals surface area contributed by atoms with Gasteiger partial charge in [-0.2, -0.15) is 0 Å². The summed E-state index contributed by atoms with van der Waals surface area (Å²) in [5.41, 5.74) is 0. The summed E-state index contributed by atoms with van der Waals surface area (Å²) in [6.45, 7) is 2.22. The Morgan fingerprint density at radius 1 is 0.846 bits per heavy atom. The molecule has 0 saturated heterocycles. The lowest BCUT2D eigenvalue weighted by Gasteiger charge is -2.07. The molecule has 0 radical (unpaired) electrons. The Morgan fingerprint density at radius 3 is 1.88 bits per heavy atom. The third kappa shape index (κ3) is 9.30. The van der Waals surface area contributed by atoms with Crippen LogP contribution in [0.15, 0.2) is 60.1 Å². The fourth-order valence-corrected chi connectivity index (χ4v) is 2.50. The van der Waals surface area contributed by atoms with Crippen LogP contribution in [0, 0.1) is 0 Å². The normalized spacial score (nSPS) is 18.3. The summed E-state index contributed by atoms with van der Waals surface area (Å²) in [4.78, 5) is 11.0. The van der Waals surface area contributed by atoms with Crippen LogP contribution < -0.4 is 0 Å². The van der Waals surface area contributed by atoms with Gasteiger partial charge in [-0.05, 0) is 44.9 Å². The van der Waals surface area contributed by atoms with E-state index in [1.165, 1.54) is 25.7 Å². The highest BCUT2D eigenvalue weighted by molar-refractivity contribution is 5.88. The molecule has 4 heteroatoms. The number of hydrogen-bond donors (Lipinski definition) is 2. The molecule has 0 saturated carbocycles. The zero-order valence-electron chi connectivity index (χ0n) is 15.8. The van der Waals surface area contributed by atoms with Crippen LogP contribution in [0.25, 0.3) is 0 Å². The molecule has 0 spiro atoms. The quantitative estimate of drug-likeness (QED) is 0.240. The molecule has 1 heterocycles. The van der Waals surface area contributed by atoms with Gasteiger partial charge in [0.15, 0.2) is 11.9 Å². The Hall–Kier alpha value is -2.23. The van der Waals surface area contributed by atoms with Crippen molar-refractivity contribution in [3.8, 4) is 0 Å². The van der Waals surface area contributed by atoms with E-state index in [2.05, 4.69) is 43.4 Å². The third-order valence-electron chi connectivity index (χ3n) is 4.04. The van der Waals surface area contributed by atoms with E-state index in [0.717, 1.165) is 19.3 Å². The van der Waals surface area contributed by atoms with E-state index in [9.17, 15) is 15.0 Å². The van der Waals surface area contributed by atoms with E-state index in [1.54, 1.807) is 0 Å². The zero-order chi connectivity index (χ0) is 19.0. The van der Waals surface area contributed by atoms with Crippen molar-refractivity contribution >= 4 is 5.97 Å². The van der Waals surface area contributed by atoms with Gasteiger partial charge in [-0.15, -0.1) is 0 Å². The summed E-state index contributed by atoms with van der Waals surface area (Å²) in [7, 11) is 0. The molecule has 0 aromatic heterocycles. The van der Waals surface area contributed by atoms with Crippen LogP contribution in [0.4, 0.5) is 0 Å². The SMILES string of the molecule is CCCCC/C=C\C/C=C\C/C=C\C/C=C\CC[C@H]1OC(=O)C(O)=C1O. The van der Waals surface area contributed by atoms with Gasteiger partial charge in [0.05, 0.1) is 0 Å². The number of carbonyl (C=O) groups is 1. The minimum Gasteiger partial charge on any atom is -0.505 e. The third-order valence-corrected chi connectivity index (χ3v) is 4.04. The largest absolute Gasteiger partial charge is 0.505 e. The monoisotopic (exact) mass is 360 g/mol. The highest BCUT2D eigenvalue weighted by Crippen LogP contribution is 2.22. The highest BCUT2D eigenvalue weighted by atomic mass is 16.6. The van der Waals surface area contributed by atoms with Crippen LogP contribution in [-0.2, 0) is 9.53 Å². The number of carbonyl (C=O) groups excluding carboxylic acids is 1. The molecule has 144 valence electrons. The molecule has 2 N–H and O–H groups in total. The van der Waals surface area contributed by atoms with Gasteiger partial charge in [-0.3, -0.25) is 0 Å². The first kappa shape index (κ1) is 21.8. The summed E-state index contributed by atoms with van der Waals surface area (Å²) in [5.74, 6) is -1.87. The number of cyclic esters (lactones) is 1. The Bertz CT molecular complexity index is 552. The molecular formula is C22H32O4. The maximum atomic E-state index is 11.0. The van der Waals surface area contributed by atoms with Crippen LogP contribution in [0.3, 0.4) is 0 Å². The standard InChI is InChI=1S/C22H32O4/c1-2-3-4-5-6-7-8-9-10-11-12-13-14-15-16-17-18-19-20(23)21(24)22(25)26-19/h6-7,9-10,12-13,15-16,19,23-24H,2-5,8,11,14,17-18H2,1H3/b7-6-,10-9-,13-12-,16-15-/t19-/m1/s1. The summed E-state index contributed by atoms with van der Waals surface area (Å²) in [6, 6.07) is 0. The predicted octanol–water partition coefficient (Wildman–Crippen LogP) is 6.00. The van der Waals surface area contributed by atoms with Crippen LogP contribution >= 0.6 is 0 Å². The van der Waals surface area contributed by atoms with Gasteiger partial charge < -0.3 is 14.9 Å². The van der Waals surface area contributed by atoms with Crippen LogP contribution in [-0.4, -0.2) is 22.3 Å². The summed E-state index contributed by atoms with van der Waals surface area (Å²) in [5, 5.41) is 18.7. The lowest BCUT2D eigenvalue weighted by molar-refractivity contribution is -0.142. The minimum atomic E-state index is -0.848. The van der Waals surface area contributed by atoms with E-state index in [1.807, 2.05) is 12.2 Å². The molecule has 1 rings (SSSR count). The molecule has 0 amide bonds. The van der Waals surface area contributed by atoms with Gasteiger partial charge in [0.2, 0.25) is 5.76 Å². The first-order chi connectivity index (χ1) is 12.7. The van der Waals surface area contributed by atoms with Gasteiger partial charge in [0.25, 0.3) is 0 Å². The molecule has 0 aliphatic carbocycles. The molecule has 0 fully saturated rings. The molecule has 0 aromatic carbocycles. The molecular weight excluding hydrogens is 328 g/mol. The van der Waals surface area contributed by atoms with Crippen LogP contribution in [0.2, 0.25) is 0 Å². The average molecular weight is 360 g/mol. The second-order valence-electron chi connectivity index (χ2n) is 6.29. The van der Waals surface area contributed by atoms with Gasteiger partial charge in [-0.25, -0.2) is 4.79 Å². The maximum Gasteiger partial charge on any atom is 0.377 e. The van der Waals surface area contributed by atoms with E-state index in [0.29, 0.717) is 12.8 Å². The number of unbranched alkanes of at least 4 members (excludes halogenated alkanes) is 3. The van der Waals surface area contributed by atoms with Crippen molar-refractivity contribution < 1.29 is 19.7 Å². The second-order valence-corrected chi connectivity index (χ2v) is 6.29. The molecule has 4 nitrogen and oxygen atoms in total. The smallest absolute Gasteiger partial charge is 0.377 e. The summed E-state index contributed by atoms with van der Waals surface area (Å²) in [6.07, 6.45) is 25.4. The van der Waals surface area contributed by atoms with Gasteiger partial charge >= 0.3 is 5.97 Å². The average Bonchev–Trinajstić information content (AvgIpc) is 2.88. The molecule has 0 bridgehead atoms. The first-order valence-electron chi connectivity index (χ1n) is 9.59. The van der Waals surface area contributed by atoms with Crippen molar-refractivity contribution in [1.29, 1.82) is 0 Å². The summed E-state index contributed by atoms with van der Waals surface area (Å²) < 4.78 is 4.84. The Kier molecular flexibility index (Phi) is 11.7. The van der Waals surface area contributed by atoms with Crippen molar-refractivity contribution in [2.45, 2.75) is 70.8 Å². The maximum absolute atomic E-state index is 11.0. The van der Waals surface area contributed by atoms with Crippen molar-refractivity contribution in [2.24, 2.45) is 0 Å². The van der Waals surface area contributed by atoms with Crippen LogP contribution in [0.5, 0.6) is 0 Å². The number of aliphatic hydroxyl groups is 2. The fraction of sp³-hybridized carbons (Fsp3) is 0.500. The topological polar surface area (TPSA) is 66.8 Å². The number of rotatable bonds is 13. The highest BCUT2D eigenvalue weighted by Gasteiger charge is 2.33. The second kappa shape index (κ2) is 14.0. The number of allylic oxidation sites excluding steroid dienone is 8. The van der Waals surface area contributed by atoms with E-state index in [4.69, 9.17) is 4.74 Å². The number of ether oxygens (including phenoxy) is 1. The minimum absolute atomic E-state index is 0.356. The molecule has 26 heavy (non-hydrogen) atoms. The Balaban J connectivity index is 2.01. The first-order valence-corrected chi connectivity index (χ1v) is 9.59. The lowest BCUT2D eigenvalue weighted by atomic mass is 10.1. The van der Waals surface area contributed by atoms with E-state index < -0.39 is 17.8 Å². The number of aliphatic hydroxyl groups excluding tert-OH is 2. The number of esters is 1. The molecule has 0 unspecified atom stereocenters. The molecule has 1 aliphatic heterocycles. The number of hydrogen-bond acceptors (Lipinski definition) is 4. The van der Waals surface area contributed by atoms with Crippen molar-refractivity contribution in [2.75, 3.05) is 0 Å². The molecule has 1 atom stereocenters. The van der Waals surface area contributed by atoms with Crippen LogP contribution in [0.1, 0.15) is 64.7 Å². The molecule has 0 aromatic rings. The Labute approximate surface area is 157 Å².